The van der Waals surface area contributed by atoms with Crippen molar-refractivity contribution in [1.82, 2.24) is 10.2 Å². The Balaban J connectivity index is 2.04. The number of hydrogen-bond donors (Lipinski definition) is 2. The second-order valence-electron chi connectivity index (χ2n) is 7.61. The number of benzene rings is 2. The van der Waals surface area contributed by atoms with Gasteiger partial charge in [-0.05, 0) is 44.2 Å². The Morgan fingerprint density at radius 3 is 2.06 bits per heavy atom. The monoisotopic (exact) mass is 440 g/mol. The third kappa shape index (κ3) is 8.51. The summed E-state index contributed by atoms with van der Waals surface area (Å²) in [5.41, 5.74) is 2.10. The number of hydrogen-bond acceptors (Lipinski definition) is 5. The number of carboxylic acid groups (broad SMARTS) is 1. The van der Waals surface area contributed by atoms with E-state index in [1.807, 2.05) is 60.7 Å². The summed E-state index contributed by atoms with van der Waals surface area (Å²) in [5.74, 6) is -1.86. The Labute approximate surface area is 189 Å². The summed E-state index contributed by atoms with van der Waals surface area (Å²) < 4.78 is 5.18. The molecule has 0 aliphatic heterocycles. The van der Waals surface area contributed by atoms with Gasteiger partial charge in [0.2, 0.25) is 5.91 Å². The maximum absolute atomic E-state index is 13.0. The van der Waals surface area contributed by atoms with E-state index in [-0.39, 0.29) is 19.1 Å². The second kappa shape index (κ2) is 13.3. The lowest BCUT2D eigenvalue weighted by Crippen LogP contribution is -2.52. The second-order valence-corrected chi connectivity index (χ2v) is 7.61. The maximum Gasteiger partial charge on any atom is 0.323 e. The predicted octanol–water partition coefficient (Wildman–Crippen LogP) is 2.68. The highest BCUT2D eigenvalue weighted by atomic mass is 16.5. The van der Waals surface area contributed by atoms with Crippen LogP contribution in [0.5, 0.6) is 0 Å². The Kier molecular flexibility index (Phi) is 10.4. The molecule has 0 heterocycles. The summed E-state index contributed by atoms with van der Waals surface area (Å²) in [5, 5.41) is 12.3. The molecule has 172 valence electrons. The van der Waals surface area contributed by atoms with Crippen molar-refractivity contribution in [3.63, 3.8) is 0 Å². The van der Waals surface area contributed by atoms with Crippen molar-refractivity contribution >= 4 is 17.8 Å². The number of rotatable bonds is 13. The molecule has 7 heteroatoms. The summed E-state index contributed by atoms with van der Waals surface area (Å²) >= 11 is 0. The van der Waals surface area contributed by atoms with Crippen molar-refractivity contribution in [2.75, 3.05) is 19.7 Å². The molecule has 7 nitrogen and oxygen atoms in total. The van der Waals surface area contributed by atoms with Crippen LogP contribution < -0.4 is 5.32 Å². The average Bonchev–Trinajstić information content (AvgIpc) is 2.80. The fourth-order valence-corrected chi connectivity index (χ4v) is 3.45. The van der Waals surface area contributed by atoms with Crippen LogP contribution in [0.25, 0.3) is 0 Å². The lowest BCUT2D eigenvalue weighted by atomic mass is 10.0. The van der Waals surface area contributed by atoms with Crippen molar-refractivity contribution in [1.29, 1.82) is 0 Å². The van der Waals surface area contributed by atoms with Gasteiger partial charge < -0.3 is 14.7 Å². The highest BCUT2D eigenvalue weighted by molar-refractivity contribution is 5.86. The zero-order valence-corrected chi connectivity index (χ0v) is 18.7. The van der Waals surface area contributed by atoms with Crippen LogP contribution in [0.2, 0.25) is 0 Å². The van der Waals surface area contributed by atoms with E-state index in [9.17, 15) is 19.5 Å². The molecule has 0 bridgehead atoms. The zero-order chi connectivity index (χ0) is 23.3. The molecule has 2 aromatic rings. The predicted molar refractivity (Wildman–Crippen MR) is 122 cm³/mol. The first-order valence-corrected chi connectivity index (χ1v) is 10.9. The van der Waals surface area contributed by atoms with Crippen molar-refractivity contribution in [3.8, 4) is 0 Å². The fourth-order valence-electron chi connectivity index (χ4n) is 3.45. The standard InChI is InChI=1S/C25H32N2O5/c1-3-32-25(31)22(15-14-20-10-6-4-7-11-20)26-19(2)24(30)27(18-23(28)29)17-16-21-12-8-5-9-13-21/h4-13,19,22,26H,3,14-18H2,1-2H3,(H,28,29)/t19-,22?/m0/s1. The van der Waals surface area contributed by atoms with E-state index < -0.39 is 30.6 Å². The Morgan fingerprint density at radius 2 is 1.53 bits per heavy atom. The minimum Gasteiger partial charge on any atom is -0.480 e. The zero-order valence-electron chi connectivity index (χ0n) is 18.7. The number of carbonyl (C=O) groups is 3. The van der Waals surface area contributed by atoms with E-state index in [0.29, 0.717) is 19.3 Å². The molecule has 0 saturated carbocycles. The lowest BCUT2D eigenvalue weighted by Gasteiger charge is -2.27. The normalized spacial score (nSPS) is 12.6. The molecule has 0 spiro atoms. The number of carbonyl (C=O) groups excluding carboxylic acids is 2. The number of amides is 1. The van der Waals surface area contributed by atoms with E-state index >= 15 is 0 Å². The first kappa shape index (κ1) is 25.1. The van der Waals surface area contributed by atoms with Crippen LogP contribution in [0, 0.1) is 0 Å². The molecule has 0 aromatic heterocycles. The average molecular weight is 441 g/mol. The summed E-state index contributed by atoms with van der Waals surface area (Å²) in [6.07, 6.45) is 1.65. The smallest absolute Gasteiger partial charge is 0.323 e. The molecule has 0 aliphatic carbocycles. The van der Waals surface area contributed by atoms with E-state index in [1.165, 1.54) is 4.90 Å². The SMILES string of the molecule is CCOC(=O)C(CCc1ccccc1)N[C@@H](C)C(=O)N(CCc1ccccc1)CC(=O)O. The van der Waals surface area contributed by atoms with Crippen LogP contribution in [0.1, 0.15) is 31.4 Å². The van der Waals surface area contributed by atoms with Gasteiger partial charge in [-0.25, -0.2) is 0 Å². The molecule has 2 N–H and O–H groups in total. The van der Waals surface area contributed by atoms with Gasteiger partial charge in [-0.3, -0.25) is 19.7 Å². The van der Waals surface area contributed by atoms with Crippen LogP contribution in [0.4, 0.5) is 0 Å². The molecule has 1 unspecified atom stereocenters. The largest absolute Gasteiger partial charge is 0.480 e. The molecule has 32 heavy (non-hydrogen) atoms. The van der Waals surface area contributed by atoms with Crippen molar-refractivity contribution in [3.05, 3.63) is 71.8 Å². The van der Waals surface area contributed by atoms with E-state index in [4.69, 9.17) is 4.74 Å². The van der Waals surface area contributed by atoms with Crippen molar-refractivity contribution in [2.24, 2.45) is 0 Å². The first-order valence-electron chi connectivity index (χ1n) is 10.9. The van der Waals surface area contributed by atoms with Crippen LogP contribution in [-0.2, 0) is 32.0 Å². The van der Waals surface area contributed by atoms with Gasteiger partial charge in [0, 0.05) is 6.54 Å². The van der Waals surface area contributed by atoms with E-state index in [2.05, 4.69) is 5.32 Å². The molecular weight excluding hydrogens is 408 g/mol. The van der Waals surface area contributed by atoms with Gasteiger partial charge in [-0.1, -0.05) is 60.7 Å². The highest BCUT2D eigenvalue weighted by Gasteiger charge is 2.28. The topological polar surface area (TPSA) is 95.9 Å². The summed E-state index contributed by atoms with van der Waals surface area (Å²) in [6, 6.07) is 17.9. The molecule has 2 aromatic carbocycles. The van der Waals surface area contributed by atoms with Gasteiger partial charge in [-0.2, -0.15) is 0 Å². The number of carboxylic acids is 1. The molecule has 1 amide bonds. The number of nitrogens with zero attached hydrogens (tertiary/aromatic N) is 1. The van der Waals surface area contributed by atoms with Gasteiger partial charge in [-0.15, -0.1) is 0 Å². The molecule has 2 atom stereocenters. The summed E-state index contributed by atoms with van der Waals surface area (Å²) in [4.78, 5) is 38.2. The Bertz CT molecular complexity index is 857. The van der Waals surface area contributed by atoms with Crippen LogP contribution in [0.3, 0.4) is 0 Å². The lowest BCUT2D eigenvalue weighted by molar-refractivity contribution is -0.148. The van der Waals surface area contributed by atoms with E-state index in [1.54, 1.807) is 13.8 Å². The quantitative estimate of drug-likeness (QED) is 0.465. The van der Waals surface area contributed by atoms with Crippen LogP contribution >= 0.6 is 0 Å². The fraction of sp³-hybridized carbons (Fsp3) is 0.400. The van der Waals surface area contributed by atoms with Crippen molar-refractivity contribution in [2.45, 2.75) is 45.2 Å². The molecule has 0 aliphatic rings. The number of esters is 1. The number of aliphatic carboxylic acids is 1. The van der Waals surface area contributed by atoms with Crippen LogP contribution in [-0.4, -0.2) is 59.6 Å². The highest BCUT2D eigenvalue weighted by Crippen LogP contribution is 2.09. The third-order valence-corrected chi connectivity index (χ3v) is 5.11. The minimum atomic E-state index is -1.08. The number of nitrogens with one attached hydrogen (secondary N) is 1. The number of aryl methyl sites for hydroxylation is 1. The molecule has 0 fully saturated rings. The number of ether oxygens (including phenoxy) is 1. The molecular formula is C25H32N2O5. The van der Waals surface area contributed by atoms with Crippen molar-refractivity contribution < 1.29 is 24.2 Å². The molecule has 0 radical (unpaired) electrons. The van der Waals surface area contributed by atoms with E-state index in [0.717, 1.165) is 11.1 Å². The minimum absolute atomic E-state index is 0.243. The van der Waals surface area contributed by atoms with Gasteiger partial charge in [0.15, 0.2) is 0 Å². The summed E-state index contributed by atoms with van der Waals surface area (Å²) in [7, 11) is 0. The first-order chi connectivity index (χ1) is 15.4. The third-order valence-electron chi connectivity index (χ3n) is 5.11. The molecule has 0 saturated heterocycles. The summed E-state index contributed by atoms with van der Waals surface area (Å²) in [6.45, 7) is 3.50. The van der Waals surface area contributed by atoms with Gasteiger partial charge in [0.1, 0.15) is 12.6 Å². The van der Waals surface area contributed by atoms with Gasteiger partial charge in [0.05, 0.1) is 12.6 Å². The van der Waals surface area contributed by atoms with Gasteiger partial charge >= 0.3 is 11.9 Å². The molecule has 2 rings (SSSR count). The maximum atomic E-state index is 13.0. The van der Waals surface area contributed by atoms with Crippen LogP contribution in [0.15, 0.2) is 60.7 Å². The van der Waals surface area contributed by atoms with Gasteiger partial charge in [0.25, 0.3) is 0 Å². The Morgan fingerprint density at radius 1 is 0.969 bits per heavy atom. The Hall–Kier alpha value is -3.19.